The van der Waals surface area contributed by atoms with Gasteiger partial charge in [0.05, 0.1) is 29.6 Å². The molecule has 0 atom stereocenters. The van der Waals surface area contributed by atoms with Crippen LogP contribution in [-0.4, -0.2) is 29.9 Å². The minimum Gasteiger partial charge on any atom is -0.385 e. The molecule has 0 amide bonds. The van der Waals surface area contributed by atoms with Gasteiger partial charge >= 0.3 is 0 Å². The lowest BCUT2D eigenvalue weighted by molar-refractivity contribution is 0.353. The fraction of sp³-hybridized carbons (Fsp3) is 0.353. The molecule has 24 heavy (non-hydrogen) atoms. The standard InChI is InChI=1S/C17H18ClN5O/c1-20-15-11-21-23(17(24)16(15)18)14-6-8-22(9-7-14)13-4-2-12(10-19)3-5-13/h2-5,11,14,20H,6-9H2,1H3. The Kier molecular flexibility index (Phi) is 4.72. The molecule has 6 nitrogen and oxygen atoms in total. The number of benzene rings is 1. The largest absolute Gasteiger partial charge is 0.385 e. The quantitative estimate of drug-likeness (QED) is 0.927. The molecule has 0 spiro atoms. The molecule has 124 valence electrons. The summed E-state index contributed by atoms with van der Waals surface area (Å²) in [5, 5.41) is 16.2. The molecular formula is C17H18ClN5O. The maximum Gasteiger partial charge on any atom is 0.287 e. The van der Waals surface area contributed by atoms with Crippen molar-refractivity contribution in [2.24, 2.45) is 0 Å². The summed E-state index contributed by atoms with van der Waals surface area (Å²) >= 11 is 6.10. The van der Waals surface area contributed by atoms with Crippen LogP contribution >= 0.6 is 11.6 Å². The lowest BCUT2D eigenvalue weighted by atomic mass is 10.0. The van der Waals surface area contributed by atoms with Gasteiger partial charge in [0, 0.05) is 25.8 Å². The smallest absolute Gasteiger partial charge is 0.287 e. The average Bonchev–Trinajstić information content (AvgIpc) is 2.64. The molecule has 2 aromatic rings. The fourth-order valence-electron chi connectivity index (χ4n) is 2.99. The molecule has 7 heteroatoms. The Morgan fingerprint density at radius 3 is 2.54 bits per heavy atom. The Bertz CT molecular complexity index is 816. The first-order valence-electron chi connectivity index (χ1n) is 7.84. The first-order chi connectivity index (χ1) is 11.6. The van der Waals surface area contributed by atoms with E-state index in [4.69, 9.17) is 16.9 Å². The highest BCUT2D eigenvalue weighted by Crippen LogP contribution is 2.26. The minimum absolute atomic E-state index is 0.0514. The number of aromatic nitrogens is 2. The fourth-order valence-corrected chi connectivity index (χ4v) is 3.22. The van der Waals surface area contributed by atoms with Gasteiger partial charge in [0.15, 0.2) is 0 Å². The summed E-state index contributed by atoms with van der Waals surface area (Å²) in [5.74, 6) is 0. The number of nitrogens with one attached hydrogen (secondary N) is 1. The first kappa shape index (κ1) is 16.3. The van der Waals surface area contributed by atoms with Crippen LogP contribution in [0.5, 0.6) is 0 Å². The van der Waals surface area contributed by atoms with E-state index in [-0.39, 0.29) is 16.6 Å². The van der Waals surface area contributed by atoms with Gasteiger partial charge in [0.2, 0.25) is 0 Å². The number of rotatable bonds is 3. The van der Waals surface area contributed by atoms with Gasteiger partial charge in [-0.25, -0.2) is 4.68 Å². The van der Waals surface area contributed by atoms with E-state index < -0.39 is 0 Å². The Morgan fingerprint density at radius 1 is 1.29 bits per heavy atom. The van der Waals surface area contributed by atoms with Crippen molar-refractivity contribution >= 4 is 23.0 Å². The van der Waals surface area contributed by atoms with E-state index in [9.17, 15) is 4.79 Å². The predicted octanol–water partition coefficient (Wildman–Crippen LogP) is 2.65. The maximum absolute atomic E-state index is 12.4. The van der Waals surface area contributed by atoms with Crippen molar-refractivity contribution < 1.29 is 0 Å². The van der Waals surface area contributed by atoms with E-state index in [1.165, 1.54) is 4.68 Å². The van der Waals surface area contributed by atoms with Crippen molar-refractivity contribution in [1.82, 2.24) is 9.78 Å². The van der Waals surface area contributed by atoms with Crippen molar-refractivity contribution in [3.63, 3.8) is 0 Å². The molecule has 1 aromatic carbocycles. The Hall–Kier alpha value is -2.52. The van der Waals surface area contributed by atoms with Crippen LogP contribution in [0.4, 0.5) is 11.4 Å². The van der Waals surface area contributed by atoms with E-state index in [1.807, 2.05) is 24.3 Å². The maximum atomic E-state index is 12.4. The van der Waals surface area contributed by atoms with E-state index in [1.54, 1.807) is 13.2 Å². The highest BCUT2D eigenvalue weighted by Gasteiger charge is 2.23. The molecular weight excluding hydrogens is 326 g/mol. The summed E-state index contributed by atoms with van der Waals surface area (Å²) < 4.78 is 1.50. The Morgan fingerprint density at radius 2 is 1.96 bits per heavy atom. The summed E-state index contributed by atoms with van der Waals surface area (Å²) in [4.78, 5) is 14.6. The number of piperidine rings is 1. The van der Waals surface area contributed by atoms with Crippen molar-refractivity contribution in [3.8, 4) is 6.07 Å². The van der Waals surface area contributed by atoms with Crippen molar-refractivity contribution in [2.75, 3.05) is 30.4 Å². The SMILES string of the molecule is CNc1cnn(C2CCN(c3ccc(C#N)cc3)CC2)c(=O)c1Cl. The lowest BCUT2D eigenvalue weighted by Crippen LogP contribution is -2.38. The third-order valence-electron chi connectivity index (χ3n) is 4.38. The van der Waals surface area contributed by atoms with Crippen LogP contribution in [0.2, 0.25) is 5.02 Å². The zero-order chi connectivity index (χ0) is 17.1. The molecule has 1 aromatic heterocycles. The van der Waals surface area contributed by atoms with E-state index in [2.05, 4.69) is 21.4 Å². The molecule has 3 rings (SSSR count). The van der Waals surface area contributed by atoms with Crippen LogP contribution in [0.25, 0.3) is 0 Å². The first-order valence-corrected chi connectivity index (χ1v) is 8.22. The predicted molar refractivity (Wildman–Crippen MR) is 94.7 cm³/mol. The summed E-state index contributed by atoms with van der Waals surface area (Å²) in [5.41, 5.74) is 2.05. The monoisotopic (exact) mass is 343 g/mol. The Labute approximate surface area is 145 Å². The van der Waals surface area contributed by atoms with Crippen LogP contribution in [-0.2, 0) is 0 Å². The average molecular weight is 344 g/mol. The van der Waals surface area contributed by atoms with Crippen molar-refractivity contribution in [1.29, 1.82) is 5.26 Å². The van der Waals surface area contributed by atoms with Gasteiger partial charge in [-0.2, -0.15) is 10.4 Å². The molecule has 1 saturated heterocycles. The molecule has 0 unspecified atom stereocenters. The minimum atomic E-state index is -0.250. The number of halogens is 1. The van der Waals surface area contributed by atoms with Crippen LogP contribution in [0.15, 0.2) is 35.3 Å². The second-order valence-electron chi connectivity index (χ2n) is 5.75. The molecule has 0 aliphatic carbocycles. The normalized spacial score (nSPS) is 15.1. The van der Waals surface area contributed by atoms with E-state index in [0.29, 0.717) is 11.3 Å². The number of anilines is 2. The van der Waals surface area contributed by atoms with E-state index >= 15 is 0 Å². The molecule has 1 fully saturated rings. The third-order valence-corrected chi connectivity index (χ3v) is 4.75. The highest BCUT2D eigenvalue weighted by molar-refractivity contribution is 6.32. The van der Waals surface area contributed by atoms with Gasteiger partial charge in [-0.1, -0.05) is 11.6 Å². The summed E-state index contributed by atoms with van der Waals surface area (Å²) in [6.07, 6.45) is 3.24. The lowest BCUT2D eigenvalue weighted by Gasteiger charge is -2.33. The molecule has 0 saturated carbocycles. The zero-order valence-corrected chi connectivity index (χ0v) is 14.1. The van der Waals surface area contributed by atoms with Crippen molar-refractivity contribution in [3.05, 3.63) is 51.4 Å². The number of nitrogens with zero attached hydrogens (tertiary/aromatic N) is 4. The van der Waals surface area contributed by atoms with Gasteiger partial charge in [-0.15, -0.1) is 0 Å². The molecule has 0 bridgehead atoms. The van der Waals surface area contributed by atoms with Gasteiger partial charge in [-0.3, -0.25) is 4.79 Å². The number of hydrogen-bond donors (Lipinski definition) is 1. The molecule has 1 aliphatic heterocycles. The van der Waals surface area contributed by atoms with Crippen molar-refractivity contribution in [2.45, 2.75) is 18.9 Å². The summed E-state index contributed by atoms with van der Waals surface area (Å²) in [6, 6.07) is 9.74. The van der Waals surface area contributed by atoms with E-state index in [0.717, 1.165) is 31.6 Å². The summed E-state index contributed by atoms with van der Waals surface area (Å²) in [7, 11) is 1.71. The topological polar surface area (TPSA) is 74.0 Å². The highest BCUT2D eigenvalue weighted by atomic mass is 35.5. The number of nitriles is 1. The van der Waals surface area contributed by atoms with Gasteiger partial charge < -0.3 is 10.2 Å². The van der Waals surface area contributed by atoms with Gasteiger partial charge in [0.1, 0.15) is 5.02 Å². The number of hydrogen-bond acceptors (Lipinski definition) is 5. The van der Waals surface area contributed by atoms with Gasteiger partial charge in [-0.05, 0) is 37.1 Å². The second kappa shape index (κ2) is 6.93. The van der Waals surface area contributed by atoms with Crippen LogP contribution in [0, 0.1) is 11.3 Å². The third kappa shape index (κ3) is 3.08. The van der Waals surface area contributed by atoms with Crippen LogP contribution in [0.3, 0.4) is 0 Å². The molecule has 1 aliphatic rings. The molecule has 0 radical (unpaired) electrons. The van der Waals surface area contributed by atoms with Gasteiger partial charge in [0.25, 0.3) is 5.56 Å². The second-order valence-corrected chi connectivity index (χ2v) is 6.13. The van der Waals surface area contributed by atoms with Crippen LogP contribution < -0.4 is 15.8 Å². The molecule has 2 heterocycles. The summed E-state index contributed by atoms with van der Waals surface area (Å²) in [6.45, 7) is 1.66. The molecule has 1 N–H and O–H groups in total. The Balaban J connectivity index is 1.72. The zero-order valence-electron chi connectivity index (χ0n) is 13.4. The van der Waals surface area contributed by atoms with Crippen LogP contribution in [0.1, 0.15) is 24.4 Å².